The number of benzene rings is 1. The molecule has 19 heavy (non-hydrogen) atoms. The van der Waals surface area contributed by atoms with Gasteiger partial charge in [-0.15, -0.1) is 0 Å². The fourth-order valence-corrected chi connectivity index (χ4v) is 2.04. The summed E-state index contributed by atoms with van der Waals surface area (Å²) >= 11 is 0. The van der Waals surface area contributed by atoms with Gasteiger partial charge in [-0.1, -0.05) is 6.07 Å². The maximum atomic E-state index is 5.77. The van der Waals surface area contributed by atoms with E-state index in [0.717, 1.165) is 17.0 Å². The molecule has 0 bridgehead atoms. The van der Waals surface area contributed by atoms with Crippen LogP contribution in [0.5, 0.6) is 17.4 Å². The first-order valence-electron chi connectivity index (χ1n) is 5.99. The van der Waals surface area contributed by atoms with Crippen molar-refractivity contribution in [1.29, 1.82) is 0 Å². The smallest absolute Gasteiger partial charge is 0.237 e. The van der Waals surface area contributed by atoms with Crippen molar-refractivity contribution >= 4 is 5.69 Å². The van der Waals surface area contributed by atoms with Crippen molar-refractivity contribution in [3.05, 3.63) is 30.3 Å². The Morgan fingerprint density at radius 3 is 2.84 bits per heavy atom. The van der Waals surface area contributed by atoms with Crippen molar-refractivity contribution in [3.8, 4) is 28.6 Å². The molecule has 1 aliphatic heterocycles. The lowest BCUT2D eigenvalue weighted by molar-refractivity contribution is 0.172. The largest absolute Gasteiger partial charge is 0.486 e. The van der Waals surface area contributed by atoms with Crippen molar-refractivity contribution in [2.24, 2.45) is 0 Å². The number of para-hydroxylation sites is 1. The first-order valence-corrected chi connectivity index (χ1v) is 5.99. The fraction of sp³-hybridized carbons (Fsp3) is 0.214. The van der Waals surface area contributed by atoms with Crippen molar-refractivity contribution in [1.82, 2.24) is 4.98 Å². The molecule has 1 aliphatic rings. The van der Waals surface area contributed by atoms with Gasteiger partial charge < -0.3 is 19.9 Å². The first kappa shape index (κ1) is 11.6. The lowest BCUT2D eigenvalue weighted by Crippen LogP contribution is -2.16. The maximum Gasteiger partial charge on any atom is 0.237 e. The third-order valence-corrected chi connectivity index (χ3v) is 2.93. The molecule has 2 N–H and O–H groups in total. The molecule has 0 atom stereocenters. The van der Waals surface area contributed by atoms with Crippen LogP contribution in [0.2, 0.25) is 0 Å². The molecule has 0 fully saturated rings. The lowest BCUT2D eigenvalue weighted by Gasteiger charge is -2.20. The van der Waals surface area contributed by atoms with E-state index in [9.17, 15) is 0 Å². The summed E-state index contributed by atoms with van der Waals surface area (Å²) in [4.78, 5) is 4.39. The van der Waals surface area contributed by atoms with E-state index in [4.69, 9.17) is 19.9 Å². The fourth-order valence-electron chi connectivity index (χ4n) is 2.04. The Labute approximate surface area is 110 Å². The van der Waals surface area contributed by atoms with Gasteiger partial charge in [0.2, 0.25) is 5.88 Å². The maximum absolute atomic E-state index is 5.77. The lowest BCUT2D eigenvalue weighted by atomic mass is 10.1. The number of ether oxygens (including phenoxy) is 3. The Morgan fingerprint density at radius 1 is 1.16 bits per heavy atom. The van der Waals surface area contributed by atoms with Gasteiger partial charge in [0, 0.05) is 5.56 Å². The van der Waals surface area contributed by atoms with Crippen LogP contribution in [0.4, 0.5) is 5.69 Å². The third-order valence-electron chi connectivity index (χ3n) is 2.93. The number of fused-ring (bicyclic) bond motifs is 1. The van der Waals surface area contributed by atoms with E-state index in [0.29, 0.717) is 30.5 Å². The van der Waals surface area contributed by atoms with E-state index >= 15 is 0 Å². The Kier molecular flexibility index (Phi) is 2.87. The number of methoxy groups -OCH3 is 1. The number of nitrogens with zero attached hydrogens (tertiary/aromatic N) is 1. The third kappa shape index (κ3) is 2.03. The molecule has 5 heteroatoms. The van der Waals surface area contributed by atoms with Crippen LogP contribution in [0.25, 0.3) is 11.3 Å². The van der Waals surface area contributed by atoms with E-state index in [1.54, 1.807) is 13.2 Å². The average Bonchev–Trinajstić information content (AvgIpc) is 2.47. The summed E-state index contributed by atoms with van der Waals surface area (Å²) in [5, 5.41) is 0. The van der Waals surface area contributed by atoms with Crippen LogP contribution >= 0.6 is 0 Å². The molecule has 0 saturated heterocycles. The summed E-state index contributed by atoms with van der Waals surface area (Å²) in [6.45, 7) is 1.10. The van der Waals surface area contributed by atoms with E-state index in [1.165, 1.54) is 0 Å². The average molecular weight is 258 g/mol. The number of anilines is 1. The van der Waals surface area contributed by atoms with Gasteiger partial charge in [-0.2, -0.15) is 0 Å². The monoisotopic (exact) mass is 258 g/mol. The zero-order valence-electron chi connectivity index (χ0n) is 10.6. The first-order chi connectivity index (χ1) is 9.29. The molecule has 2 aromatic rings. The van der Waals surface area contributed by atoms with Crippen molar-refractivity contribution in [2.45, 2.75) is 0 Å². The molecule has 1 aromatic carbocycles. The van der Waals surface area contributed by atoms with Crippen molar-refractivity contribution in [3.63, 3.8) is 0 Å². The van der Waals surface area contributed by atoms with Crippen LogP contribution in [-0.4, -0.2) is 25.3 Å². The molecule has 0 spiro atoms. The Morgan fingerprint density at radius 2 is 2.00 bits per heavy atom. The topological polar surface area (TPSA) is 66.6 Å². The second-order valence-corrected chi connectivity index (χ2v) is 4.12. The van der Waals surface area contributed by atoms with Gasteiger partial charge in [0.15, 0.2) is 11.5 Å². The van der Waals surface area contributed by atoms with Crippen molar-refractivity contribution in [2.75, 3.05) is 26.1 Å². The molecule has 2 heterocycles. The predicted octanol–water partition coefficient (Wildman–Crippen LogP) is 2.11. The molecule has 0 saturated carbocycles. The highest BCUT2D eigenvalue weighted by Gasteiger charge is 2.18. The molecule has 1 aromatic heterocycles. The van der Waals surface area contributed by atoms with Gasteiger partial charge >= 0.3 is 0 Å². The number of pyridine rings is 1. The molecule has 0 unspecified atom stereocenters. The number of rotatable bonds is 2. The van der Waals surface area contributed by atoms with Gasteiger partial charge in [-0.25, -0.2) is 4.98 Å². The number of hydrogen-bond acceptors (Lipinski definition) is 5. The summed E-state index contributed by atoms with van der Waals surface area (Å²) in [5.74, 6) is 1.86. The second kappa shape index (κ2) is 4.68. The van der Waals surface area contributed by atoms with Gasteiger partial charge in [0.1, 0.15) is 13.2 Å². The Bertz CT molecular complexity index is 614. The van der Waals surface area contributed by atoms with Crippen LogP contribution in [0.3, 0.4) is 0 Å². The highest BCUT2D eigenvalue weighted by molar-refractivity contribution is 5.73. The van der Waals surface area contributed by atoms with Crippen LogP contribution in [0, 0.1) is 0 Å². The quantitative estimate of drug-likeness (QED) is 0.893. The predicted molar refractivity (Wildman–Crippen MR) is 71.6 cm³/mol. The second-order valence-electron chi connectivity index (χ2n) is 4.12. The molecule has 0 aliphatic carbocycles. The number of nitrogens with two attached hydrogens (primary N) is 1. The minimum absolute atomic E-state index is 0.409. The molecule has 98 valence electrons. The van der Waals surface area contributed by atoms with Crippen molar-refractivity contribution < 1.29 is 14.2 Å². The zero-order chi connectivity index (χ0) is 13.2. The molecule has 3 rings (SSSR count). The minimum atomic E-state index is 0.409. The number of nitrogen functional groups attached to an aromatic ring is 1. The molecular formula is C14H14N2O3. The van der Waals surface area contributed by atoms with Crippen LogP contribution in [0.15, 0.2) is 30.3 Å². The summed E-state index contributed by atoms with van der Waals surface area (Å²) in [5.41, 5.74) is 7.89. The summed E-state index contributed by atoms with van der Waals surface area (Å²) in [6.07, 6.45) is 0. The normalized spacial score (nSPS) is 13.1. The standard InChI is InChI=1S/C14H14N2O3/c1-17-14-10(15)5-6-11(16-14)9-3-2-4-12-13(9)19-8-7-18-12/h2-6H,7-8,15H2,1H3. The minimum Gasteiger partial charge on any atom is -0.486 e. The molecule has 0 radical (unpaired) electrons. The number of hydrogen-bond donors (Lipinski definition) is 1. The van der Waals surface area contributed by atoms with Gasteiger partial charge in [0.25, 0.3) is 0 Å². The number of aromatic nitrogens is 1. The summed E-state index contributed by atoms with van der Waals surface area (Å²) in [7, 11) is 1.54. The Hall–Kier alpha value is -2.43. The van der Waals surface area contributed by atoms with Gasteiger partial charge in [-0.05, 0) is 24.3 Å². The summed E-state index contributed by atoms with van der Waals surface area (Å²) in [6, 6.07) is 9.33. The van der Waals surface area contributed by atoms with Crippen LogP contribution in [0.1, 0.15) is 0 Å². The van der Waals surface area contributed by atoms with Gasteiger partial charge in [0.05, 0.1) is 18.5 Å². The molecular weight excluding hydrogens is 244 g/mol. The molecule has 5 nitrogen and oxygen atoms in total. The summed E-state index contributed by atoms with van der Waals surface area (Å²) < 4.78 is 16.4. The highest BCUT2D eigenvalue weighted by atomic mass is 16.6. The highest BCUT2D eigenvalue weighted by Crippen LogP contribution is 2.39. The SMILES string of the molecule is COc1nc(-c2cccc3c2OCCO3)ccc1N. The van der Waals surface area contributed by atoms with E-state index in [2.05, 4.69) is 4.98 Å². The van der Waals surface area contributed by atoms with E-state index < -0.39 is 0 Å². The van der Waals surface area contributed by atoms with Crippen LogP contribution < -0.4 is 19.9 Å². The zero-order valence-corrected chi connectivity index (χ0v) is 10.6. The van der Waals surface area contributed by atoms with E-state index in [1.807, 2.05) is 24.3 Å². The molecule has 0 amide bonds. The van der Waals surface area contributed by atoms with Gasteiger partial charge in [-0.3, -0.25) is 0 Å². The van der Waals surface area contributed by atoms with E-state index in [-0.39, 0.29) is 0 Å². The van der Waals surface area contributed by atoms with Crippen LogP contribution in [-0.2, 0) is 0 Å². The Balaban J connectivity index is 2.12.